The second-order valence-electron chi connectivity index (χ2n) is 6.52. The highest BCUT2D eigenvalue weighted by Gasteiger charge is 2.13. The topological polar surface area (TPSA) is 98.6 Å². The Balaban J connectivity index is 2.18. The number of nitrogen functional groups attached to an aromatic ring is 2. The minimum Gasteiger partial charge on any atom is -0.461 e. The predicted octanol–water partition coefficient (Wildman–Crippen LogP) is 2.36. The molecule has 0 atom stereocenters. The maximum Gasteiger partial charge on any atom is 0.340 e. The summed E-state index contributed by atoms with van der Waals surface area (Å²) in [5.41, 5.74) is 15.3. The molecule has 6 heteroatoms. The van der Waals surface area contributed by atoms with Gasteiger partial charge in [0.15, 0.2) is 5.78 Å². The fourth-order valence-corrected chi connectivity index (χ4v) is 2.54. The number of nitrogens with zero attached hydrogens (tertiary/aromatic N) is 1. The molecule has 0 saturated heterocycles. The van der Waals surface area contributed by atoms with Crippen molar-refractivity contribution in [2.75, 3.05) is 38.7 Å². The summed E-state index contributed by atoms with van der Waals surface area (Å²) in [6, 6.07) is 10.7. The Kier molecular flexibility index (Phi) is 6.36. The summed E-state index contributed by atoms with van der Waals surface area (Å²) >= 11 is 0. The van der Waals surface area contributed by atoms with E-state index in [1.165, 1.54) is 6.92 Å². The molecule has 2 rings (SSSR count). The van der Waals surface area contributed by atoms with Crippen LogP contribution in [0.2, 0.25) is 0 Å². The molecule has 138 valence electrons. The van der Waals surface area contributed by atoms with Gasteiger partial charge in [0.1, 0.15) is 6.61 Å². The van der Waals surface area contributed by atoms with E-state index >= 15 is 0 Å². The van der Waals surface area contributed by atoms with Gasteiger partial charge in [-0.3, -0.25) is 4.79 Å². The number of rotatable bonds is 7. The van der Waals surface area contributed by atoms with Crippen LogP contribution < -0.4 is 11.5 Å². The molecule has 0 unspecified atom stereocenters. The summed E-state index contributed by atoms with van der Waals surface area (Å²) in [6.45, 7) is 2.43. The van der Waals surface area contributed by atoms with Gasteiger partial charge in [0.05, 0.1) is 5.56 Å². The van der Waals surface area contributed by atoms with Gasteiger partial charge in [-0.2, -0.15) is 0 Å². The summed E-state index contributed by atoms with van der Waals surface area (Å²) in [5, 5.41) is 0. The van der Waals surface area contributed by atoms with Crippen molar-refractivity contribution in [3.63, 3.8) is 0 Å². The van der Waals surface area contributed by atoms with E-state index in [1.54, 1.807) is 24.3 Å². The molecule has 0 bridgehead atoms. The average molecular weight is 355 g/mol. The Bertz CT molecular complexity index is 816. The number of likely N-dealkylation sites (N-methyl/N-ethyl adjacent to an activating group) is 1. The Hall–Kier alpha value is -2.86. The van der Waals surface area contributed by atoms with E-state index in [0.717, 1.165) is 11.1 Å². The summed E-state index contributed by atoms with van der Waals surface area (Å²) in [4.78, 5) is 25.8. The Morgan fingerprint density at radius 1 is 0.962 bits per heavy atom. The van der Waals surface area contributed by atoms with E-state index in [-0.39, 0.29) is 5.78 Å². The normalized spacial score (nSPS) is 10.8. The first kappa shape index (κ1) is 19.5. The van der Waals surface area contributed by atoms with Crippen LogP contribution in [-0.4, -0.2) is 43.9 Å². The van der Waals surface area contributed by atoms with Crippen LogP contribution in [0.4, 0.5) is 11.4 Å². The molecule has 0 aliphatic rings. The van der Waals surface area contributed by atoms with E-state index < -0.39 is 5.97 Å². The molecule has 4 N–H and O–H groups in total. The number of nitrogens with two attached hydrogens (primary N) is 2. The van der Waals surface area contributed by atoms with Gasteiger partial charge in [0, 0.05) is 23.5 Å². The standard InChI is InChI=1S/C20H25N3O3/c1-13(24)16-11-14(4-6-18(16)21)10-15-5-7-19(22)17(12-15)20(25)26-9-8-23(2)3/h4-7,11-12H,8-10,21-22H2,1-3H3. The van der Waals surface area contributed by atoms with Crippen LogP contribution in [0.25, 0.3) is 0 Å². The number of anilines is 2. The first-order valence-electron chi connectivity index (χ1n) is 8.37. The molecule has 0 amide bonds. The monoisotopic (exact) mass is 355 g/mol. The number of ketones is 1. The SMILES string of the molecule is CC(=O)c1cc(Cc2ccc(N)c(C(=O)OCCN(C)C)c2)ccc1N. The highest BCUT2D eigenvalue weighted by atomic mass is 16.5. The molecule has 0 saturated carbocycles. The van der Waals surface area contributed by atoms with Crippen LogP contribution in [0, 0.1) is 0 Å². The number of carbonyl (C=O) groups excluding carboxylic acids is 2. The van der Waals surface area contributed by atoms with Gasteiger partial charge < -0.3 is 21.1 Å². The lowest BCUT2D eigenvalue weighted by atomic mass is 9.98. The summed E-state index contributed by atoms with van der Waals surface area (Å²) < 4.78 is 5.27. The van der Waals surface area contributed by atoms with E-state index in [9.17, 15) is 9.59 Å². The van der Waals surface area contributed by atoms with Gasteiger partial charge in [-0.05, 0) is 62.8 Å². The minimum absolute atomic E-state index is 0.0770. The van der Waals surface area contributed by atoms with E-state index in [0.29, 0.717) is 42.1 Å². The Morgan fingerprint density at radius 2 is 1.50 bits per heavy atom. The zero-order valence-electron chi connectivity index (χ0n) is 15.4. The van der Waals surface area contributed by atoms with Gasteiger partial charge in [-0.25, -0.2) is 4.79 Å². The van der Waals surface area contributed by atoms with Crippen LogP contribution in [0.5, 0.6) is 0 Å². The number of esters is 1. The third kappa shape index (κ3) is 5.07. The smallest absolute Gasteiger partial charge is 0.340 e. The Morgan fingerprint density at radius 3 is 2.04 bits per heavy atom. The lowest BCUT2D eigenvalue weighted by Crippen LogP contribution is -2.20. The number of carbonyl (C=O) groups is 2. The molecule has 2 aromatic carbocycles. The number of hydrogen-bond acceptors (Lipinski definition) is 6. The van der Waals surface area contributed by atoms with Crippen molar-refractivity contribution in [1.29, 1.82) is 0 Å². The zero-order valence-corrected chi connectivity index (χ0v) is 15.4. The molecule has 0 heterocycles. The second kappa shape index (κ2) is 8.49. The van der Waals surface area contributed by atoms with Crippen molar-refractivity contribution < 1.29 is 14.3 Å². The molecule has 0 spiro atoms. The predicted molar refractivity (Wildman–Crippen MR) is 103 cm³/mol. The van der Waals surface area contributed by atoms with Gasteiger partial charge in [0.2, 0.25) is 0 Å². The molecular weight excluding hydrogens is 330 g/mol. The third-order valence-corrected chi connectivity index (χ3v) is 4.01. The molecular formula is C20H25N3O3. The molecule has 0 radical (unpaired) electrons. The van der Waals surface area contributed by atoms with Crippen LogP contribution >= 0.6 is 0 Å². The quantitative estimate of drug-likeness (QED) is 0.449. The maximum absolute atomic E-state index is 12.3. The minimum atomic E-state index is -0.437. The molecule has 0 aromatic heterocycles. The molecule has 2 aromatic rings. The van der Waals surface area contributed by atoms with Crippen LogP contribution in [0.15, 0.2) is 36.4 Å². The summed E-state index contributed by atoms with van der Waals surface area (Å²) in [7, 11) is 3.81. The lowest BCUT2D eigenvalue weighted by molar-refractivity contribution is 0.0483. The second-order valence-corrected chi connectivity index (χ2v) is 6.52. The van der Waals surface area contributed by atoms with Gasteiger partial charge in [-0.1, -0.05) is 12.1 Å². The molecule has 0 aliphatic carbocycles. The number of Topliss-reactive ketones (excluding diaryl/α,β-unsaturated/α-hetero) is 1. The van der Waals surface area contributed by atoms with E-state index in [2.05, 4.69) is 0 Å². The lowest BCUT2D eigenvalue weighted by Gasteiger charge is -2.12. The van der Waals surface area contributed by atoms with E-state index in [1.807, 2.05) is 31.1 Å². The van der Waals surface area contributed by atoms with Crippen molar-refractivity contribution in [2.24, 2.45) is 0 Å². The number of hydrogen-bond donors (Lipinski definition) is 2. The van der Waals surface area contributed by atoms with Gasteiger partial charge in [0.25, 0.3) is 0 Å². The Labute approximate surface area is 153 Å². The molecule has 26 heavy (non-hydrogen) atoms. The number of benzene rings is 2. The third-order valence-electron chi connectivity index (χ3n) is 4.01. The highest BCUT2D eigenvalue weighted by Crippen LogP contribution is 2.21. The molecule has 6 nitrogen and oxygen atoms in total. The van der Waals surface area contributed by atoms with Crippen LogP contribution in [0.1, 0.15) is 38.8 Å². The number of ether oxygens (including phenoxy) is 1. The largest absolute Gasteiger partial charge is 0.461 e. The van der Waals surface area contributed by atoms with Crippen LogP contribution in [0.3, 0.4) is 0 Å². The average Bonchev–Trinajstić information content (AvgIpc) is 2.57. The zero-order chi connectivity index (χ0) is 19.3. The summed E-state index contributed by atoms with van der Waals surface area (Å²) in [6.07, 6.45) is 0.554. The highest BCUT2D eigenvalue weighted by molar-refractivity contribution is 5.99. The van der Waals surface area contributed by atoms with Crippen molar-refractivity contribution in [3.8, 4) is 0 Å². The van der Waals surface area contributed by atoms with E-state index in [4.69, 9.17) is 16.2 Å². The fourth-order valence-electron chi connectivity index (χ4n) is 2.54. The van der Waals surface area contributed by atoms with Gasteiger partial charge in [-0.15, -0.1) is 0 Å². The fraction of sp³-hybridized carbons (Fsp3) is 0.300. The van der Waals surface area contributed by atoms with Crippen molar-refractivity contribution in [2.45, 2.75) is 13.3 Å². The summed E-state index contributed by atoms with van der Waals surface area (Å²) in [5.74, 6) is -0.514. The molecule has 0 aliphatic heterocycles. The first-order chi connectivity index (χ1) is 12.3. The molecule has 0 fully saturated rings. The van der Waals surface area contributed by atoms with Crippen LogP contribution in [-0.2, 0) is 11.2 Å². The van der Waals surface area contributed by atoms with Crippen molar-refractivity contribution >= 4 is 23.1 Å². The van der Waals surface area contributed by atoms with Gasteiger partial charge >= 0.3 is 5.97 Å². The van der Waals surface area contributed by atoms with Crippen molar-refractivity contribution in [3.05, 3.63) is 58.7 Å². The van der Waals surface area contributed by atoms with Crippen molar-refractivity contribution in [1.82, 2.24) is 4.90 Å². The first-order valence-corrected chi connectivity index (χ1v) is 8.37. The maximum atomic E-state index is 12.3.